The Bertz CT molecular complexity index is 974. The van der Waals surface area contributed by atoms with Gasteiger partial charge >= 0.3 is 12.1 Å². The van der Waals surface area contributed by atoms with Gasteiger partial charge in [0.25, 0.3) is 0 Å². The van der Waals surface area contributed by atoms with E-state index in [2.05, 4.69) is 5.32 Å². The number of rotatable bonds is 3. The molecule has 3 rings (SSSR count). The number of fused-ring (bicyclic) bond motifs is 1. The van der Waals surface area contributed by atoms with Gasteiger partial charge in [-0.3, -0.25) is 0 Å². The van der Waals surface area contributed by atoms with Gasteiger partial charge in [0, 0.05) is 18.1 Å². The molecule has 130 valence electrons. The zero-order valence-corrected chi connectivity index (χ0v) is 13.5. The van der Waals surface area contributed by atoms with Crippen molar-refractivity contribution in [2.75, 3.05) is 5.32 Å². The Morgan fingerprint density at radius 3 is 2.52 bits per heavy atom. The van der Waals surface area contributed by atoms with Gasteiger partial charge in [-0.25, -0.2) is 4.79 Å². The number of nitrogens with zero attached hydrogens (tertiary/aromatic N) is 1. The molecule has 2 aromatic carbocycles. The lowest BCUT2D eigenvalue weighted by Crippen LogP contribution is -2.08. The lowest BCUT2D eigenvalue weighted by atomic mass is 10.1. The van der Waals surface area contributed by atoms with Crippen LogP contribution in [-0.2, 0) is 13.2 Å². The SMILES string of the molecule is Cc1ccc2c(c1)c(Nc1cccc(C(F)(F)F)c1)c(C(=O)O)n2C. The molecule has 4 nitrogen and oxygen atoms in total. The second-order valence-corrected chi connectivity index (χ2v) is 5.81. The van der Waals surface area contributed by atoms with E-state index in [-0.39, 0.29) is 17.1 Å². The lowest BCUT2D eigenvalue weighted by molar-refractivity contribution is -0.137. The van der Waals surface area contributed by atoms with E-state index in [9.17, 15) is 23.1 Å². The fourth-order valence-electron chi connectivity index (χ4n) is 2.85. The molecule has 1 aromatic heterocycles. The van der Waals surface area contributed by atoms with Crippen LogP contribution in [0.3, 0.4) is 0 Å². The van der Waals surface area contributed by atoms with Crippen molar-refractivity contribution in [3.63, 3.8) is 0 Å². The number of anilines is 2. The van der Waals surface area contributed by atoms with Gasteiger partial charge in [0.2, 0.25) is 0 Å². The Labute approximate surface area is 141 Å². The third-order valence-corrected chi connectivity index (χ3v) is 4.02. The number of aromatic nitrogens is 1. The van der Waals surface area contributed by atoms with Gasteiger partial charge in [0.05, 0.1) is 16.8 Å². The van der Waals surface area contributed by atoms with Crippen LogP contribution >= 0.6 is 0 Å². The van der Waals surface area contributed by atoms with Crippen molar-refractivity contribution >= 4 is 28.2 Å². The van der Waals surface area contributed by atoms with Gasteiger partial charge < -0.3 is 15.0 Å². The van der Waals surface area contributed by atoms with Gasteiger partial charge in [-0.05, 0) is 37.3 Å². The lowest BCUT2D eigenvalue weighted by Gasteiger charge is -2.11. The van der Waals surface area contributed by atoms with Crippen LogP contribution in [0.25, 0.3) is 10.9 Å². The highest BCUT2D eigenvalue weighted by Crippen LogP contribution is 2.35. The minimum atomic E-state index is -4.47. The van der Waals surface area contributed by atoms with E-state index in [0.717, 1.165) is 17.7 Å². The van der Waals surface area contributed by atoms with Gasteiger partial charge in [-0.1, -0.05) is 17.7 Å². The van der Waals surface area contributed by atoms with Crippen LogP contribution in [0.15, 0.2) is 42.5 Å². The number of hydrogen-bond donors (Lipinski definition) is 2. The summed E-state index contributed by atoms with van der Waals surface area (Å²) in [7, 11) is 1.61. The van der Waals surface area contributed by atoms with Crippen molar-refractivity contribution in [3.8, 4) is 0 Å². The highest BCUT2D eigenvalue weighted by atomic mass is 19.4. The first-order valence-electron chi connectivity index (χ1n) is 7.45. The molecule has 3 aromatic rings. The number of hydrogen-bond acceptors (Lipinski definition) is 2. The van der Waals surface area contributed by atoms with E-state index < -0.39 is 17.7 Å². The molecular weight excluding hydrogens is 333 g/mol. The topological polar surface area (TPSA) is 54.3 Å². The predicted molar refractivity (Wildman–Crippen MR) is 89.3 cm³/mol. The highest BCUT2D eigenvalue weighted by Gasteiger charge is 2.30. The van der Waals surface area contributed by atoms with Crippen molar-refractivity contribution in [3.05, 3.63) is 59.3 Å². The van der Waals surface area contributed by atoms with E-state index in [1.807, 2.05) is 13.0 Å². The summed E-state index contributed by atoms with van der Waals surface area (Å²) in [6.07, 6.45) is -4.47. The van der Waals surface area contributed by atoms with E-state index in [1.54, 1.807) is 19.2 Å². The van der Waals surface area contributed by atoms with E-state index >= 15 is 0 Å². The number of alkyl halides is 3. The molecule has 0 saturated heterocycles. The van der Waals surface area contributed by atoms with Crippen LogP contribution < -0.4 is 5.32 Å². The molecule has 0 fully saturated rings. The minimum Gasteiger partial charge on any atom is -0.477 e. The second kappa shape index (κ2) is 5.84. The normalized spacial score (nSPS) is 11.7. The Hall–Kier alpha value is -2.96. The van der Waals surface area contributed by atoms with Crippen LogP contribution in [0, 0.1) is 6.92 Å². The zero-order chi connectivity index (χ0) is 18.4. The molecule has 0 aliphatic rings. The molecule has 1 heterocycles. The molecule has 25 heavy (non-hydrogen) atoms. The molecule has 0 radical (unpaired) electrons. The first kappa shape index (κ1) is 16.9. The summed E-state index contributed by atoms with van der Waals surface area (Å²) in [5, 5.41) is 13.0. The number of aryl methyl sites for hydroxylation is 2. The summed E-state index contributed by atoms with van der Waals surface area (Å²) < 4.78 is 40.2. The van der Waals surface area contributed by atoms with Gasteiger partial charge in [0.1, 0.15) is 0 Å². The molecule has 0 saturated carbocycles. The number of benzene rings is 2. The van der Waals surface area contributed by atoms with E-state index in [1.165, 1.54) is 16.7 Å². The highest BCUT2D eigenvalue weighted by molar-refractivity contribution is 6.07. The molecule has 0 aliphatic heterocycles. The number of halogens is 3. The largest absolute Gasteiger partial charge is 0.477 e. The molecule has 0 aliphatic carbocycles. The quantitative estimate of drug-likeness (QED) is 0.704. The average Bonchev–Trinajstić information content (AvgIpc) is 2.79. The van der Waals surface area contributed by atoms with Crippen molar-refractivity contribution in [1.29, 1.82) is 0 Å². The van der Waals surface area contributed by atoms with Crippen LogP contribution in [0.1, 0.15) is 21.6 Å². The maximum atomic E-state index is 12.9. The molecule has 0 unspecified atom stereocenters. The second-order valence-electron chi connectivity index (χ2n) is 5.81. The summed E-state index contributed by atoms with van der Waals surface area (Å²) in [6, 6.07) is 10.1. The number of carboxylic acid groups (broad SMARTS) is 1. The van der Waals surface area contributed by atoms with Gasteiger partial charge in [-0.2, -0.15) is 13.2 Å². The van der Waals surface area contributed by atoms with E-state index in [0.29, 0.717) is 10.9 Å². The van der Waals surface area contributed by atoms with E-state index in [4.69, 9.17) is 0 Å². The Kier molecular flexibility index (Phi) is 3.94. The molecule has 0 bridgehead atoms. The van der Waals surface area contributed by atoms with Crippen LogP contribution in [-0.4, -0.2) is 15.6 Å². The van der Waals surface area contributed by atoms with Crippen molar-refractivity contribution < 1.29 is 23.1 Å². The van der Waals surface area contributed by atoms with Crippen molar-refractivity contribution in [2.45, 2.75) is 13.1 Å². The average molecular weight is 348 g/mol. The van der Waals surface area contributed by atoms with Crippen LogP contribution in [0.2, 0.25) is 0 Å². The molecule has 0 spiro atoms. The third kappa shape index (κ3) is 3.05. The predicted octanol–water partition coefficient (Wildman–Crippen LogP) is 4.95. The monoisotopic (exact) mass is 348 g/mol. The standard InChI is InChI=1S/C18H15F3N2O2/c1-10-6-7-14-13(8-10)15(16(17(24)25)23(14)2)22-12-5-3-4-11(9-12)18(19,20)21/h3-9,22H,1-2H3,(H,24,25). The fraction of sp³-hybridized carbons (Fsp3) is 0.167. The zero-order valence-electron chi connectivity index (χ0n) is 13.5. The number of nitrogens with one attached hydrogen (secondary N) is 1. The molecular formula is C18H15F3N2O2. The van der Waals surface area contributed by atoms with Gasteiger partial charge in [0.15, 0.2) is 5.69 Å². The first-order chi connectivity index (χ1) is 11.7. The summed E-state index contributed by atoms with van der Waals surface area (Å²) in [5.74, 6) is -1.16. The molecule has 7 heteroatoms. The van der Waals surface area contributed by atoms with Crippen molar-refractivity contribution in [2.24, 2.45) is 7.05 Å². The maximum absolute atomic E-state index is 12.9. The summed E-state index contributed by atoms with van der Waals surface area (Å²) in [6.45, 7) is 1.86. The number of carbonyl (C=O) groups is 1. The smallest absolute Gasteiger partial charge is 0.416 e. The van der Waals surface area contributed by atoms with Crippen LogP contribution in [0.5, 0.6) is 0 Å². The maximum Gasteiger partial charge on any atom is 0.416 e. The molecule has 2 N–H and O–H groups in total. The number of aromatic carboxylic acids is 1. The minimum absolute atomic E-state index is 0.0157. The summed E-state index contributed by atoms with van der Waals surface area (Å²) in [4.78, 5) is 11.7. The molecule has 0 atom stereocenters. The Balaban J connectivity index is 2.17. The Morgan fingerprint density at radius 1 is 1.16 bits per heavy atom. The molecule has 0 amide bonds. The summed E-state index contributed by atoms with van der Waals surface area (Å²) >= 11 is 0. The fourth-order valence-corrected chi connectivity index (χ4v) is 2.85. The number of carboxylic acids is 1. The third-order valence-electron chi connectivity index (χ3n) is 4.02. The van der Waals surface area contributed by atoms with Crippen LogP contribution in [0.4, 0.5) is 24.5 Å². The van der Waals surface area contributed by atoms with Gasteiger partial charge in [-0.15, -0.1) is 0 Å². The Morgan fingerprint density at radius 2 is 1.88 bits per heavy atom. The van der Waals surface area contributed by atoms with Crippen molar-refractivity contribution in [1.82, 2.24) is 4.57 Å². The first-order valence-corrected chi connectivity index (χ1v) is 7.45. The summed E-state index contributed by atoms with van der Waals surface area (Å²) in [5.41, 5.74) is 1.22.